The lowest BCUT2D eigenvalue weighted by Gasteiger charge is -2.09. The van der Waals surface area contributed by atoms with Crippen LogP contribution in [0.25, 0.3) is 22.4 Å². The summed E-state index contributed by atoms with van der Waals surface area (Å²) in [4.78, 5) is 2.28. The molecule has 6 nitrogen and oxygen atoms in total. The number of nitrogens with two attached hydrogens (primary N) is 1. The zero-order valence-corrected chi connectivity index (χ0v) is 13.8. The fourth-order valence-corrected chi connectivity index (χ4v) is 3.09. The molecule has 2 N–H and O–H groups in total. The van der Waals surface area contributed by atoms with E-state index in [4.69, 9.17) is 5.14 Å². The number of pyridine rings is 1. The summed E-state index contributed by atoms with van der Waals surface area (Å²) < 4.78 is 95.0. The van der Waals surface area contributed by atoms with Crippen molar-refractivity contribution in [1.82, 2.24) is 10.1 Å². The molecule has 142 valence electrons. The highest BCUT2D eigenvalue weighted by Crippen LogP contribution is 2.43. The largest absolute Gasteiger partial charge is 0.453 e. The molecule has 12 heteroatoms. The van der Waals surface area contributed by atoms with Crippen molar-refractivity contribution in [3.05, 3.63) is 54.1 Å². The van der Waals surface area contributed by atoms with Crippen molar-refractivity contribution < 1.29 is 34.9 Å². The number of hydrogen-bond donors (Lipinski definition) is 1. The van der Waals surface area contributed by atoms with Gasteiger partial charge in [-0.1, -0.05) is 5.16 Å². The van der Waals surface area contributed by atoms with Gasteiger partial charge in [0.05, 0.1) is 5.56 Å². The summed E-state index contributed by atoms with van der Waals surface area (Å²) in [5, 5.41) is 8.06. The maximum atomic E-state index is 14.1. The minimum absolute atomic E-state index is 0.0862. The van der Waals surface area contributed by atoms with Crippen molar-refractivity contribution >= 4 is 10.0 Å². The Bertz CT molecular complexity index is 1090. The predicted molar refractivity (Wildman–Crippen MR) is 81.5 cm³/mol. The Morgan fingerprint density at radius 3 is 2.19 bits per heavy atom. The number of alkyl halides is 3. The lowest BCUT2D eigenvalue weighted by atomic mass is 9.99. The molecule has 3 rings (SSSR count). The summed E-state index contributed by atoms with van der Waals surface area (Å²) >= 11 is 0. The number of primary sulfonamides is 1. The Hall–Kier alpha value is -2.86. The molecule has 0 aliphatic rings. The lowest BCUT2D eigenvalue weighted by Crippen LogP contribution is -2.16. The molecule has 27 heavy (non-hydrogen) atoms. The first-order chi connectivity index (χ1) is 12.5. The van der Waals surface area contributed by atoms with Crippen LogP contribution < -0.4 is 5.14 Å². The molecule has 3 aromatic rings. The van der Waals surface area contributed by atoms with Gasteiger partial charge in [-0.15, -0.1) is 0 Å². The van der Waals surface area contributed by atoms with E-state index in [0.29, 0.717) is 12.1 Å². The van der Waals surface area contributed by atoms with Gasteiger partial charge in [-0.3, -0.25) is 4.98 Å². The molecule has 0 saturated carbocycles. The summed E-state index contributed by atoms with van der Waals surface area (Å²) in [5.41, 5.74) is -1.69. The van der Waals surface area contributed by atoms with Crippen LogP contribution in [0.1, 0.15) is 5.76 Å². The van der Waals surface area contributed by atoms with E-state index < -0.39 is 49.6 Å². The SMILES string of the molecule is NS(=O)(=O)c1c(F)cc(-c2c(-c3cccnc3)noc2C(F)(F)F)cc1F. The fraction of sp³-hybridized carbons (Fsp3) is 0.0667. The molecule has 0 spiro atoms. The molecule has 0 bridgehead atoms. The Morgan fingerprint density at radius 1 is 1.07 bits per heavy atom. The zero-order valence-electron chi connectivity index (χ0n) is 13.0. The average Bonchev–Trinajstić information content (AvgIpc) is 2.98. The monoisotopic (exact) mass is 405 g/mol. The summed E-state index contributed by atoms with van der Waals surface area (Å²) in [6.45, 7) is 0. The molecule has 0 fully saturated rings. The van der Waals surface area contributed by atoms with Crippen molar-refractivity contribution in [2.75, 3.05) is 0 Å². The van der Waals surface area contributed by atoms with Gasteiger partial charge in [0.2, 0.25) is 15.8 Å². The van der Waals surface area contributed by atoms with Gasteiger partial charge in [0.1, 0.15) is 17.3 Å². The average molecular weight is 405 g/mol. The number of aromatic nitrogens is 2. The first kappa shape index (κ1) is 18.9. The van der Waals surface area contributed by atoms with Crippen molar-refractivity contribution in [1.29, 1.82) is 0 Å². The molecule has 0 saturated heterocycles. The molecule has 0 atom stereocenters. The van der Waals surface area contributed by atoms with Gasteiger partial charge in [0.25, 0.3) is 0 Å². The quantitative estimate of drug-likeness (QED) is 0.674. The van der Waals surface area contributed by atoms with Crippen LogP contribution in [0.2, 0.25) is 0 Å². The van der Waals surface area contributed by atoms with Crippen LogP contribution in [0.4, 0.5) is 22.0 Å². The predicted octanol–water partition coefficient (Wildman–Crippen LogP) is 3.35. The van der Waals surface area contributed by atoms with Gasteiger partial charge in [0, 0.05) is 18.0 Å². The number of hydrogen-bond acceptors (Lipinski definition) is 5. The Kier molecular flexibility index (Phi) is 4.48. The van der Waals surface area contributed by atoms with Crippen LogP contribution in [-0.2, 0) is 16.2 Å². The van der Waals surface area contributed by atoms with Crippen LogP contribution in [0.5, 0.6) is 0 Å². The van der Waals surface area contributed by atoms with Crippen molar-refractivity contribution in [2.45, 2.75) is 11.1 Å². The molecule has 1 aromatic carbocycles. The maximum absolute atomic E-state index is 14.1. The molecular weight excluding hydrogens is 397 g/mol. The Balaban J connectivity index is 2.33. The van der Waals surface area contributed by atoms with Crippen LogP contribution in [-0.4, -0.2) is 18.6 Å². The highest BCUT2D eigenvalue weighted by atomic mass is 32.2. The Labute approximate surface area is 148 Å². The minimum Gasteiger partial charge on any atom is -0.350 e. The Morgan fingerprint density at radius 2 is 1.70 bits per heavy atom. The molecular formula is C15H8F5N3O3S. The summed E-state index contributed by atoms with van der Waals surface area (Å²) in [5.74, 6) is -4.92. The van der Waals surface area contributed by atoms with Gasteiger partial charge >= 0.3 is 6.18 Å². The van der Waals surface area contributed by atoms with Gasteiger partial charge in [-0.25, -0.2) is 22.3 Å². The van der Waals surface area contributed by atoms with E-state index in [-0.39, 0.29) is 11.3 Å². The van der Waals surface area contributed by atoms with E-state index in [9.17, 15) is 30.4 Å². The van der Waals surface area contributed by atoms with Gasteiger partial charge in [-0.2, -0.15) is 13.2 Å². The number of sulfonamides is 1. The number of nitrogens with zero attached hydrogens (tertiary/aromatic N) is 2. The zero-order chi connectivity index (χ0) is 20.0. The second-order valence-electron chi connectivity index (χ2n) is 5.29. The minimum atomic E-state index is -5.03. The van der Waals surface area contributed by atoms with Gasteiger partial charge < -0.3 is 4.52 Å². The highest BCUT2D eigenvalue weighted by Gasteiger charge is 2.41. The van der Waals surface area contributed by atoms with E-state index in [1.54, 1.807) is 0 Å². The lowest BCUT2D eigenvalue weighted by molar-refractivity contribution is -0.154. The van der Waals surface area contributed by atoms with E-state index in [2.05, 4.69) is 14.7 Å². The molecule has 0 aliphatic carbocycles. The third kappa shape index (κ3) is 3.53. The maximum Gasteiger partial charge on any atom is 0.453 e. The smallest absolute Gasteiger partial charge is 0.350 e. The second kappa shape index (κ2) is 6.39. The highest BCUT2D eigenvalue weighted by molar-refractivity contribution is 7.89. The third-order valence-electron chi connectivity index (χ3n) is 3.46. The molecule has 0 amide bonds. The molecule has 0 unspecified atom stereocenters. The first-order valence-corrected chi connectivity index (χ1v) is 8.54. The third-order valence-corrected chi connectivity index (χ3v) is 4.42. The van der Waals surface area contributed by atoms with E-state index in [0.717, 1.165) is 0 Å². The van der Waals surface area contributed by atoms with E-state index in [1.165, 1.54) is 24.5 Å². The number of rotatable bonds is 3. The van der Waals surface area contributed by atoms with E-state index >= 15 is 0 Å². The first-order valence-electron chi connectivity index (χ1n) is 6.99. The topological polar surface area (TPSA) is 99.1 Å². The molecule has 0 aliphatic heterocycles. The number of benzene rings is 1. The van der Waals surface area contributed by atoms with Crippen LogP contribution >= 0.6 is 0 Å². The molecule has 2 heterocycles. The molecule has 2 aromatic heterocycles. The van der Waals surface area contributed by atoms with Crippen molar-refractivity contribution in [2.24, 2.45) is 5.14 Å². The van der Waals surface area contributed by atoms with Crippen molar-refractivity contribution in [3.63, 3.8) is 0 Å². The van der Waals surface area contributed by atoms with Gasteiger partial charge in [0.15, 0.2) is 4.90 Å². The summed E-state index contributed by atoms with van der Waals surface area (Å²) in [6.07, 6.45) is -2.50. The van der Waals surface area contributed by atoms with Crippen LogP contribution in [0.15, 0.2) is 46.1 Å². The normalized spacial score (nSPS) is 12.4. The fourth-order valence-electron chi connectivity index (χ4n) is 2.43. The standard InChI is InChI=1S/C15H8F5N3O3S/c16-9-4-8(5-10(17)13(9)27(21,24)25)11-12(7-2-1-3-22-6-7)23-26-14(11)15(18,19)20/h1-6H,(H2,21,24,25). The van der Waals surface area contributed by atoms with E-state index in [1.807, 2.05) is 0 Å². The molecule has 0 radical (unpaired) electrons. The summed E-state index contributed by atoms with van der Waals surface area (Å²) in [6, 6.07) is 3.58. The van der Waals surface area contributed by atoms with Crippen molar-refractivity contribution in [3.8, 4) is 22.4 Å². The number of halogens is 5. The summed E-state index contributed by atoms with van der Waals surface area (Å²) in [7, 11) is -4.77. The van der Waals surface area contributed by atoms with Crippen LogP contribution in [0.3, 0.4) is 0 Å². The van der Waals surface area contributed by atoms with Gasteiger partial charge in [-0.05, 0) is 29.8 Å². The second-order valence-corrected chi connectivity index (χ2v) is 6.79. The van der Waals surface area contributed by atoms with Crippen LogP contribution in [0, 0.1) is 11.6 Å².